The highest BCUT2D eigenvalue weighted by atomic mass is 16.5. The van der Waals surface area contributed by atoms with E-state index in [-0.39, 0.29) is 5.76 Å². The second-order valence-electron chi connectivity index (χ2n) is 4.85. The number of para-hydroxylation sites is 1. The van der Waals surface area contributed by atoms with Crippen LogP contribution in [0.3, 0.4) is 0 Å². The van der Waals surface area contributed by atoms with Crippen LogP contribution < -0.4 is 4.74 Å². The molecule has 0 amide bonds. The monoisotopic (exact) mass is 262 g/mol. The van der Waals surface area contributed by atoms with Crippen molar-refractivity contribution < 1.29 is 19.7 Å². The van der Waals surface area contributed by atoms with E-state index >= 15 is 0 Å². The van der Waals surface area contributed by atoms with E-state index in [2.05, 4.69) is 0 Å². The Bertz CT molecular complexity index is 458. The van der Waals surface area contributed by atoms with Crippen LogP contribution in [-0.2, 0) is 4.79 Å². The molecule has 0 aliphatic heterocycles. The lowest BCUT2D eigenvalue weighted by atomic mass is 9.83. The summed E-state index contributed by atoms with van der Waals surface area (Å²) < 4.78 is 5.60. The topological polar surface area (TPSA) is 66.8 Å². The predicted octanol–water partition coefficient (Wildman–Crippen LogP) is 2.73. The molecule has 19 heavy (non-hydrogen) atoms. The summed E-state index contributed by atoms with van der Waals surface area (Å²) in [7, 11) is 0. The molecular weight excluding hydrogens is 244 g/mol. The maximum absolute atomic E-state index is 10.9. The van der Waals surface area contributed by atoms with Crippen LogP contribution in [0.4, 0.5) is 0 Å². The largest absolute Gasteiger partial charge is 0.478 e. The van der Waals surface area contributed by atoms with E-state index in [0.717, 1.165) is 25.3 Å². The zero-order valence-corrected chi connectivity index (χ0v) is 10.7. The van der Waals surface area contributed by atoms with Crippen LogP contribution in [-0.4, -0.2) is 21.8 Å². The molecule has 2 rings (SSSR count). The number of ether oxygens (including phenoxy) is 1. The molecule has 102 valence electrons. The van der Waals surface area contributed by atoms with E-state index in [1.54, 1.807) is 24.3 Å². The van der Waals surface area contributed by atoms with Crippen LogP contribution in [0.5, 0.6) is 5.75 Å². The zero-order valence-electron chi connectivity index (χ0n) is 10.7. The van der Waals surface area contributed by atoms with Gasteiger partial charge in [0.25, 0.3) is 0 Å². The summed E-state index contributed by atoms with van der Waals surface area (Å²) in [5.74, 6) is -0.440. The molecule has 0 bridgehead atoms. The van der Waals surface area contributed by atoms with E-state index in [4.69, 9.17) is 9.84 Å². The molecule has 0 saturated heterocycles. The highest BCUT2D eigenvalue weighted by molar-refractivity contribution is 5.80. The van der Waals surface area contributed by atoms with Crippen molar-refractivity contribution in [1.29, 1.82) is 0 Å². The van der Waals surface area contributed by atoms with Crippen LogP contribution in [0.15, 0.2) is 42.2 Å². The second kappa shape index (κ2) is 5.89. The van der Waals surface area contributed by atoms with Gasteiger partial charge in [-0.3, -0.25) is 0 Å². The fourth-order valence-corrected chi connectivity index (χ4v) is 2.37. The number of rotatable bonds is 4. The highest BCUT2D eigenvalue weighted by Gasteiger charge is 2.36. The molecule has 2 N–H and O–H groups in total. The molecule has 0 aromatic heterocycles. The third-order valence-electron chi connectivity index (χ3n) is 3.36. The van der Waals surface area contributed by atoms with Crippen molar-refractivity contribution in [3.63, 3.8) is 0 Å². The Morgan fingerprint density at radius 3 is 2.37 bits per heavy atom. The SMILES string of the molecule is O=C(O)/C=C(/Oc1ccccc1)C1(O)CCCCC1. The summed E-state index contributed by atoms with van der Waals surface area (Å²) in [6, 6.07) is 8.93. The smallest absolute Gasteiger partial charge is 0.331 e. The van der Waals surface area contributed by atoms with Gasteiger partial charge in [-0.05, 0) is 25.0 Å². The summed E-state index contributed by atoms with van der Waals surface area (Å²) in [5.41, 5.74) is -1.16. The third kappa shape index (κ3) is 3.58. The lowest BCUT2D eigenvalue weighted by Crippen LogP contribution is -2.36. The van der Waals surface area contributed by atoms with Gasteiger partial charge in [0.05, 0.1) is 6.08 Å². The van der Waals surface area contributed by atoms with E-state index in [1.165, 1.54) is 0 Å². The van der Waals surface area contributed by atoms with Crippen LogP contribution in [0, 0.1) is 0 Å². The predicted molar refractivity (Wildman–Crippen MR) is 70.8 cm³/mol. The Morgan fingerprint density at radius 2 is 1.79 bits per heavy atom. The average Bonchev–Trinajstić information content (AvgIpc) is 2.39. The van der Waals surface area contributed by atoms with Crippen molar-refractivity contribution in [2.75, 3.05) is 0 Å². The number of carboxylic acids is 1. The van der Waals surface area contributed by atoms with Crippen molar-refractivity contribution >= 4 is 5.97 Å². The molecule has 0 atom stereocenters. The van der Waals surface area contributed by atoms with Crippen LogP contribution in [0.1, 0.15) is 32.1 Å². The number of carbonyl (C=O) groups is 1. The maximum atomic E-state index is 10.9. The van der Waals surface area contributed by atoms with Gasteiger partial charge in [0.1, 0.15) is 17.1 Å². The molecule has 1 aromatic rings. The Labute approximate surface area is 112 Å². The number of hydrogen-bond donors (Lipinski definition) is 2. The van der Waals surface area contributed by atoms with Gasteiger partial charge < -0.3 is 14.9 Å². The highest BCUT2D eigenvalue weighted by Crippen LogP contribution is 2.35. The minimum atomic E-state index is -1.16. The van der Waals surface area contributed by atoms with Crippen LogP contribution in [0.25, 0.3) is 0 Å². The van der Waals surface area contributed by atoms with Gasteiger partial charge in [-0.1, -0.05) is 37.5 Å². The molecule has 1 aliphatic rings. The Balaban J connectivity index is 2.23. The second-order valence-corrected chi connectivity index (χ2v) is 4.85. The van der Waals surface area contributed by atoms with Crippen LogP contribution in [0.2, 0.25) is 0 Å². The molecule has 0 heterocycles. The van der Waals surface area contributed by atoms with E-state index in [9.17, 15) is 9.90 Å². The van der Waals surface area contributed by atoms with Crippen molar-refractivity contribution in [2.24, 2.45) is 0 Å². The lowest BCUT2D eigenvalue weighted by Gasteiger charge is -2.33. The maximum Gasteiger partial charge on any atom is 0.331 e. The van der Waals surface area contributed by atoms with Gasteiger partial charge in [0, 0.05) is 0 Å². The van der Waals surface area contributed by atoms with E-state index < -0.39 is 11.6 Å². The Morgan fingerprint density at radius 1 is 1.16 bits per heavy atom. The minimum Gasteiger partial charge on any atom is -0.478 e. The molecule has 1 saturated carbocycles. The third-order valence-corrected chi connectivity index (χ3v) is 3.36. The van der Waals surface area contributed by atoms with E-state index in [1.807, 2.05) is 6.07 Å². The molecule has 0 spiro atoms. The summed E-state index contributed by atoms with van der Waals surface area (Å²) >= 11 is 0. The number of carboxylic acid groups (broad SMARTS) is 1. The normalized spacial score (nSPS) is 18.9. The standard InChI is InChI=1S/C15H18O4/c16-14(17)11-13(15(18)9-5-2-6-10-15)19-12-7-3-1-4-8-12/h1,3-4,7-8,11,18H,2,5-6,9-10H2,(H,16,17)/b13-11+. The van der Waals surface area contributed by atoms with Crippen LogP contribution >= 0.6 is 0 Å². The van der Waals surface area contributed by atoms with Crippen molar-refractivity contribution in [3.05, 3.63) is 42.2 Å². The number of aliphatic carboxylic acids is 1. The molecule has 1 aromatic carbocycles. The Kier molecular flexibility index (Phi) is 4.22. The zero-order chi connectivity index (χ0) is 13.7. The molecule has 1 aliphatic carbocycles. The van der Waals surface area contributed by atoms with Crippen molar-refractivity contribution in [2.45, 2.75) is 37.7 Å². The fourth-order valence-electron chi connectivity index (χ4n) is 2.37. The number of benzene rings is 1. The summed E-state index contributed by atoms with van der Waals surface area (Å²) in [4.78, 5) is 10.9. The first-order valence-corrected chi connectivity index (χ1v) is 6.50. The molecular formula is C15H18O4. The molecule has 4 heteroatoms. The molecule has 4 nitrogen and oxygen atoms in total. The van der Waals surface area contributed by atoms with Gasteiger partial charge in [-0.2, -0.15) is 0 Å². The first kappa shape index (κ1) is 13.6. The molecule has 1 fully saturated rings. The minimum absolute atomic E-state index is 0.130. The van der Waals surface area contributed by atoms with Gasteiger partial charge in [0.2, 0.25) is 0 Å². The van der Waals surface area contributed by atoms with Gasteiger partial charge in [-0.25, -0.2) is 4.79 Å². The summed E-state index contributed by atoms with van der Waals surface area (Å²) in [6.45, 7) is 0. The average molecular weight is 262 g/mol. The lowest BCUT2D eigenvalue weighted by molar-refractivity contribution is -0.131. The van der Waals surface area contributed by atoms with Gasteiger partial charge >= 0.3 is 5.97 Å². The Hall–Kier alpha value is -1.81. The van der Waals surface area contributed by atoms with E-state index in [0.29, 0.717) is 18.6 Å². The van der Waals surface area contributed by atoms with Gasteiger partial charge in [0.15, 0.2) is 0 Å². The van der Waals surface area contributed by atoms with Crippen molar-refractivity contribution in [1.82, 2.24) is 0 Å². The fraction of sp³-hybridized carbons (Fsp3) is 0.400. The number of aliphatic hydroxyl groups is 1. The summed E-state index contributed by atoms with van der Waals surface area (Å²) in [6.07, 6.45) is 4.88. The molecule has 0 unspecified atom stereocenters. The molecule has 0 radical (unpaired) electrons. The first-order valence-electron chi connectivity index (χ1n) is 6.50. The van der Waals surface area contributed by atoms with Crippen molar-refractivity contribution in [3.8, 4) is 5.75 Å². The summed E-state index contributed by atoms with van der Waals surface area (Å²) in [5, 5.41) is 19.5. The first-order chi connectivity index (χ1) is 9.10. The number of hydrogen-bond acceptors (Lipinski definition) is 3. The van der Waals surface area contributed by atoms with Gasteiger partial charge in [-0.15, -0.1) is 0 Å². The quantitative estimate of drug-likeness (QED) is 0.646.